The minimum absolute atomic E-state index is 0.174. The molecule has 2 aromatic carbocycles. The third-order valence-corrected chi connectivity index (χ3v) is 8.14. The van der Waals surface area contributed by atoms with Crippen LogP contribution in [0.4, 0.5) is 4.39 Å². The Kier molecular flexibility index (Phi) is 5.33. The van der Waals surface area contributed by atoms with Gasteiger partial charge in [0.1, 0.15) is 0 Å². The maximum atomic E-state index is 14.4. The molecule has 0 spiro atoms. The smallest absolute Gasteiger partial charge is 0.234 e. The van der Waals surface area contributed by atoms with Crippen LogP contribution in [0.1, 0.15) is 36.8 Å². The average molecular weight is 498 g/mol. The number of carbonyl (C=O) groups excluding carboxylic acids is 4. The van der Waals surface area contributed by atoms with E-state index >= 15 is 0 Å². The summed E-state index contributed by atoms with van der Waals surface area (Å²) in [5.41, 5.74) is 2.95. The third-order valence-electron chi connectivity index (χ3n) is 8.14. The number of hydrogen-bond donors (Lipinski definition) is 1. The number of nitrogens with zero attached hydrogens (tertiary/aromatic N) is 1. The number of rotatable bonds is 3. The molecule has 2 amide bonds. The van der Waals surface area contributed by atoms with Crippen molar-refractivity contribution in [3.8, 4) is 5.75 Å². The number of carbonyl (C=O) groups is 4. The number of Topliss-reactive ketones (excluding diaryl/α,β-unsaturated/α-hetero) is 1. The van der Waals surface area contributed by atoms with E-state index < -0.39 is 35.2 Å². The highest BCUT2D eigenvalue weighted by Gasteiger charge is 2.56. The standard InChI is InChI=1S/C30H24FNO5/c1-15-11-24(34)27-21(28(15)35)13-20-18(25(27)17-7-10-23(33)22(31)12-17)8-9-19-26(20)30(37)32(29(19)36)14-16-5-3-2-4-6-16/h2-8,10-12,19-20,25-26,33H,9,13-14H2,1H3/t19-,20+,25-,26-/m0/s1. The van der Waals surface area contributed by atoms with Gasteiger partial charge in [-0.1, -0.05) is 48.0 Å². The van der Waals surface area contributed by atoms with Gasteiger partial charge in [-0.05, 0) is 55.0 Å². The van der Waals surface area contributed by atoms with Crippen LogP contribution in [0.15, 0.2) is 83.0 Å². The number of aromatic hydroxyl groups is 1. The maximum absolute atomic E-state index is 14.4. The van der Waals surface area contributed by atoms with Gasteiger partial charge >= 0.3 is 0 Å². The van der Waals surface area contributed by atoms with Crippen LogP contribution in [0, 0.1) is 23.6 Å². The van der Waals surface area contributed by atoms with Crippen molar-refractivity contribution in [3.05, 3.63) is 99.9 Å². The first-order chi connectivity index (χ1) is 17.8. The summed E-state index contributed by atoms with van der Waals surface area (Å²) >= 11 is 0. The quantitative estimate of drug-likeness (QED) is 0.391. The van der Waals surface area contributed by atoms with Gasteiger partial charge in [0.05, 0.1) is 18.4 Å². The lowest BCUT2D eigenvalue weighted by molar-refractivity contribution is -0.140. The Hall–Kier alpha value is -4.13. The molecule has 6 rings (SSSR count). The van der Waals surface area contributed by atoms with Gasteiger partial charge in [0.15, 0.2) is 23.1 Å². The minimum Gasteiger partial charge on any atom is -0.505 e. The molecule has 0 aromatic heterocycles. The average Bonchev–Trinajstić information content (AvgIpc) is 3.13. The van der Waals surface area contributed by atoms with Crippen molar-refractivity contribution in [2.45, 2.75) is 32.2 Å². The first kappa shape index (κ1) is 23.3. The van der Waals surface area contributed by atoms with Gasteiger partial charge in [0.25, 0.3) is 0 Å². The van der Waals surface area contributed by atoms with Crippen LogP contribution in [0.3, 0.4) is 0 Å². The molecule has 1 fully saturated rings. The predicted molar refractivity (Wildman–Crippen MR) is 131 cm³/mol. The number of ketones is 2. The van der Waals surface area contributed by atoms with E-state index in [2.05, 4.69) is 0 Å². The summed E-state index contributed by atoms with van der Waals surface area (Å²) in [5.74, 6) is -4.87. The SMILES string of the molecule is CC1=CC(=O)C2=C(C[C@@H]3C(=CC[C@@H]4C(=O)N(Cc5ccccc5)C(=O)[C@@H]43)[C@@H]2c2ccc(O)c(F)c2)C1=O. The summed E-state index contributed by atoms with van der Waals surface area (Å²) in [7, 11) is 0. The molecule has 4 atom stereocenters. The lowest BCUT2D eigenvalue weighted by Gasteiger charge is -2.42. The van der Waals surface area contributed by atoms with E-state index in [0.717, 1.165) is 11.1 Å². The van der Waals surface area contributed by atoms with Crippen LogP contribution < -0.4 is 0 Å². The number of halogens is 1. The first-order valence-electron chi connectivity index (χ1n) is 12.3. The van der Waals surface area contributed by atoms with Crippen molar-refractivity contribution in [2.75, 3.05) is 0 Å². The number of hydrogen-bond acceptors (Lipinski definition) is 5. The Labute approximate surface area is 212 Å². The van der Waals surface area contributed by atoms with Crippen LogP contribution in [0.25, 0.3) is 0 Å². The van der Waals surface area contributed by atoms with Crippen LogP contribution in [-0.2, 0) is 25.7 Å². The molecule has 37 heavy (non-hydrogen) atoms. The summed E-state index contributed by atoms with van der Waals surface area (Å²) in [4.78, 5) is 54.9. The molecule has 1 saturated heterocycles. The molecule has 0 saturated carbocycles. The first-order valence-corrected chi connectivity index (χ1v) is 12.3. The zero-order chi connectivity index (χ0) is 26.0. The minimum atomic E-state index is -0.835. The number of amides is 2. The predicted octanol–water partition coefficient (Wildman–Crippen LogP) is 4.16. The number of allylic oxidation sites excluding steroid dienone is 6. The molecule has 0 bridgehead atoms. The lowest BCUT2D eigenvalue weighted by atomic mass is 9.59. The van der Waals surface area contributed by atoms with E-state index in [1.54, 1.807) is 6.92 Å². The van der Waals surface area contributed by atoms with Gasteiger partial charge in [-0.2, -0.15) is 0 Å². The molecule has 7 heteroatoms. The van der Waals surface area contributed by atoms with E-state index in [4.69, 9.17) is 0 Å². The molecule has 1 aliphatic heterocycles. The number of likely N-dealkylation sites (tertiary alicyclic amines) is 1. The molecule has 186 valence electrons. The van der Waals surface area contributed by atoms with Gasteiger partial charge in [-0.25, -0.2) is 4.39 Å². The zero-order valence-electron chi connectivity index (χ0n) is 20.1. The number of fused-ring (bicyclic) bond motifs is 3. The van der Waals surface area contributed by atoms with Crippen molar-refractivity contribution >= 4 is 23.4 Å². The maximum Gasteiger partial charge on any atom is 0.234 e. The summed E-state index contributed by atoms with van der Waals surface area (Å²) in [6.07, 6.45) is 3.70. The van der Waals surface area contributed by atoms with Crippen LogP contribution in [0.2, 0.25) is 0 Å². The molecule has 1 N–H and O–H groups in total. The van der Waals surface area contributed by atoms with E-state index in [0.29, 0.717) is 28.7 Å². The Morgan fingerprint density at radius 1 is 1.00 bits per heavy atom. The number of phenolic OH excluding ortho intramolecular Hbond substituents is 1. The third kappa shape index (κ3) is 3.52. The molecule has 6 nitrogen and oxygen atoms in total. The molecule has 4 aliphatic rings. The number of benzene rings is 2. The van der Waals surface area contributed by atoms with Crippen molar-refractivity contribution in [1.82, 2.24) is 4.90 Å². The second-order valence-electron chi connectivity index (χ2n) is 10.2. The lowest BCUT2D eigenvalue weighted by Crippen LogP contribution is -2.39. The van der Waals surface area contributed by atoms with E-state index in [-0.39, 0.29) is 36.3 Å². The fourth-order valence-electron chi connectivity index (χ4n) is 6.45. The second kappa shape index (κ2) is 8.47. The summed E-state index contributed by atoms with van der Waals surface area (Å²) in [6.45, 7) is 1.76. The zero-order valence-corrected chi connectivity index (χ0v) is 20.1. The Balaban J connectivity index is 1.45. The Morgan fingerprint density at radius 3 is 2.49 bits per heavy atom. The summed E-state index contributed by atoms with van der Waals surface area (Å²) < 4.78 is 14.4. The highest BCUT2D eigenvalue weighted by atomic mass is 19.1. The summed E-state index contributed by atoms with van der Waals surface area (Å²) in [6, 6.07) is 13.2. The Morgan fingerprint density at radius 2 is 1.76 bits per heavy atom. The molecule has 0 unspecified atom stereocenters. The molecule has 1 heterocycles. The number of phenols is 1. The molecule has 0 radical (unpaired) electrons. The highest BCUT2D eigenvalue weighted by molar-refractivity contribution is 6.23. The molecule has 2 aromatic rings. The molecular formula is C30H24FNO5. The highest BCUT2D eigenvalue weighted by Crippen LogP contribution is 2.55. The van der Waals surface area contributed by atoms with Crippen molar-refractivity contribution < 1.29 is 28.7 Å². The molecule has 3 aliphatic carbocycles. The van der Waals surface area contributed by atoms with Gasteiger partial charge in [0, 0.05) is 22.6 Å². The monoisotopic (exact) mass is 497 g/mol. The van der Waals surface area contributed by atoms with E-state index in [1.807, 2.05) is 36.4 Å². The number of imide groups is 1. The van der Waals surface area contributed by atoms with Crippen LogP contribution >= 0.6 is 0 Å². The van der Waals surface area contributed by atoms with Gasteiger partial charge in [-0.15, -0.1) is 0 Å². The van der Waals surface area contributed by atoms with Gasteiger partial charge in [0.2, 0.25) is 11.8 Å². The van der Waals surface area contributed by atoms with Crippen LogP contribution in [-0.4, -0.2) is 33.4 Å². The molecular weight excluding hydrogens is 473 g/mol. The normalized spacial score (nSPS) is 27.0. The summed E-state index contributed by atoms with van der Waals surface area (Å²) in [5, 5.41) is 9.75. The van der Waals surface area contributed by atoms with Crippen molar-refractivity contribution in [2.24, 2.45) is 17.8 Å². The largest absolute Gasteiger partial charge is 0.505 e. The van der Waals surface area contributed by atoms with Crippen molar-refractivity contribution in [3.63, 3.8) is 0 Å². The van der Waals surface area contributed by atoms with E-state index in [1.165, 1.54) is 29.2 Å². The van der Waals surface area contributed by atoms with Crippen LogP contribution in [0.5, 0.6) is 5.75 Å². The second-order valence-corrected chi connectivity index (χ2v) is 10.2. The van der Waals surface area contributed by atoms with Gasteiger partial charge < -0.3 is 5.11 Å². The van der Waals surface area contributed by atoms with Crippen molar-refractivity contribution in [1.29, 1.82) is 0 Å². The fourth-order valence-corrected chi connectivity index (χ4v) is 6.45. The Bertz CT molecular complexity index is 1480. The topological polar surface area (TPSA) is 91.8 Å². The van der Waals surface area contributed by atoms with E-state index in [9.17, 15) is 28.7 Å². The fraction of sp³-hybridized carbons (Fsp3) is 0.267. The van der Waals surface area contributed by atoms with Gasteiger partial charge in [-0.3, -0.25) is 24.1 Å².